The molecule has 0 aliphatic carbocycles. The Hall–Kier alpha value is -3.70. The highest BCUT2D eigenvalue weighted by Gasteiger charge is 2.39. The van der Waals surface area contributed by atoms with Crippen LogP contribution in [-0.2, 0) is 16.6 Å². The number of carbonyl (C=O) groups excluding carboxylic acids is 3. The number of anilines is 1. The van der Waals surface area contributed by atoms with E-state index in [1.807, 2.05) is 6.92 Å². The molecule has 2 amide bonds. The van der Waals surface area contributed by atoms with Crippen LogP contribution < -0.4 is 10.6 Å². The number of nitrogens with zero attached hydrogens (tertiary/aromatic N) is 2. The van der Waals surface area contributed by atoms with Gasteiger partial charge in [-0.25, -0.2) is 0 Å². The Morgan fingerprint density at radius 3 is 2.48 bits per heavy atom. The third kappa shape index (κ3) is 3.88. The maximum Gasteiger partial charge on any atom is 0.293 e. The summed E-state index contributed by atoms with van der Waals surface area (Å²) in [6.45, 7) is 9.34. The molecule has 3 rings (SSSR count). The highest BCUT2D eigenvalue weighted by Crippen LogP contribution is 2.25. The van der Waals surface area contributed by atoms with Crippen molar-refractivity contribution in [2.24, 2.45) is 7.05 Å². The Labute approximate surface area is 180 Å². The zero-order valence-electron chi connectivity index (χ0n) is 18.0. The van der Waals surface area contributed by atoms with Gasteiger partial charge in [0.15, 0.2) is 0 Å². The minimum atomic E-state index is -0.774. The number of ether oxygens (including phenoxy) is 1. The van der Waals surface area contributed by atoms with Gasteiger partial charge >= 0.3 is 0 Å². The predicted octanol–water partition coefficient (Wildman–Crippen LogP) is 2.33. The Kier molecular flexibility index (Phi) is 5.82. The number of benzene rings is 1. The van der Waals surface area contributed by atoms with Crippen LogP contribution in [0.1, 0.15) is 43.2 Å². The molecule has 0 atom stereocenters. The second-order valence-electron chi connectivity index (χ2n) is 7.72. The average molecular weight is 420 g/mol. The van der Waals surface area contributed by atoms with Crippen molar-refractivity contribution < 1.29 is 19.1 Å². The van der Waals surface area contributed by atoms with Crippen molar-refractivity contribution in [1.29, 1.82) is 5.26 Å². The highest BCUT2D eigenvalue weighted by molar-refractivity contribution is 6.44. The van der Waals surface area contributed by atoms with Gasteiger partial charge in [0, 0.05) is 18.4 Å². The number of nitrogens with one attached hydrogen (secondary N) is 2. The van der Waals surface area contributed by atoms with E-state index in [9.17, 15) is 19.6 Å². The maximum absolute atomic E-state index is 13.0. The summed E-state index contributed by atoms with van der Waals surface area (Å²) in [6, 6.07) is 7.12. The van der Waals surface area contributed by atoms with Crippen LogP contribution in [0.3, 0.4) is 0 Å². The molecule has 1 aliphatic heterocycles. The Morgan fingerprint density at radius 2 is 1.94 bits per heavy atom. The summed E-state index contributed by atoms with van der Waals surface area (Å²) in [6.07, 6.45) is 1.56. The van der Waals surface area contributed by atoms with Crippen molar-refractivity contribution in [2.45, 2.75) is 26.3 Å². The molecule has 8 nitrogen and oxygen atoms in total. The lowest BCUT2D eigenvalue weighted by Gasteiger charge is -2.39. The SMILES string of the molecule is C=CC1(NC(=O)C(=O)c2c(C)c(C(=O)Nc3ccc(C)c(C#N)c3)n(C)c2C)COC1. The van der Waals surface area contributed by atoms with E-state index in [1.54, 1.807) is 49.7 Å². The van der Waals surface area contributed by atoms with Gasteiger partial charge in [-0.3, -0.25) is 14.4 Å². The standard InChI is InChI=1S/C23H24N4O4/c1-6-23(11-31-12-23)26-22(30)20(28)18-14(3)19(27(5)15(18)4)21(29)25-17-8-7-13(2)16(9-17)10-24/h6-9H,1,11-12H2,2-5H3,(H,25,29)(H,26,30). The first-order valence-electron chi connectivity index (χ1n) is 9.70. The number of hydrogen-bond acceptors (Lipinski definition) is 5. The lowest BCUT2D eigenvalue weighted by molar-refractivity contribution is -0.124. The Balaban J connectivity index is 1.88. The Bertz CT molecular complexity index is 1150. The van der Waals surface area contributed by atoms with E-state index in [0.717, 1.165) is 5.56 Å². The van der Waals surface area contributed by atoms with Crippen LogP contribution in [0.2, 0.25) is 0 Å². The topological polar surface area (TPSA) is 113 Å². The van der Waals surface area contributed by atoms with Crippen LogP contribution in [0.25, 0.3) is 0 Å². The summed E-state index contributed by atoms with van der Waals surface area (Å²) < 4.78 is 6.71. The molecular weight excluding hydrogens is 396 g/mol. The van der Waals surface area contributed by atoms with E-state index in [-0.39, 0.29) is 24.5 Å². The summed E-state index contributed by atoms with van der Waals surface area (Å²) in [4.78, 5) is 38.5. The number of nitriles is 1. The summed E-state index contributed by atoms with van der Waals surface area (Å²) in [7, 11) is 1.66. The van der Waals surface area contributed by atoms with Crippen molar-refractivity contribution >= 4 is 23.3 Å². The second-order valence-corrected chi connectivity index (χ2v) is 7.72. The van der Waals surface area contributed by atoms with Gasteiger partial charge in [0.05, 0.1) is 30.4 Å². The largest absolute Gasteiger partial charge is 0.376 e. The van der Waals surface area contributed by atoms with Crippen molar-refractivity contribution in [2.75, 3.05) is 18.5 Å². The van der Waals surface area contributed by atoms with Crippen molar-refractivity contribution in [3.05, 3.63) is 64.5 Å². The predicted molar refractivity (Wildman–Crippen MR) is 115 cm³/mol. The molecular formula is C23H24N4O4. The quantitative estimate of drug-likeness (QED) is 0.423. The molecule has 160 valence electrons. The molecule has 1 aromatic heterocycles. The van der Waals surface area contributed by atoms with E-state index in [0.29, 0.717) is 22.5 Å². The molecule has 2 N–H and O–H groups in total. The highest BCUT2D eigenvalue weighted by atomic mass is 16.5. The van der Waals surface area contributed by atoms with Gasteiger partial charge in [-0.15, -0.1) is 6.58 Å². The number of hydrogen-bond donors (Lipinski definition) is 2. The summed E-state index contributed by atoms with van der Waals surface area (Å²) >= 11 is 0. The van der Waals surface area contributed by atoms with E-state index in [2.05, 4.69) is 23.3 Å². The molecule has 8 heteroatoms. The zero-order chi connectivity index (χ0) is 22.9. The van der Waals surface area contributed by atoms with E-state index < -0.39 is 23.1 Å². The van der Waals surface area contributed by atoms with Crippen molar-refractivity contribution in [3.8, 4) is 6.07 Å². The summed E-state index contributed by atoms with van der Waals surface area (Å²) in [5.74, 6) is -1.94. The average Bonchev–Trinajstić information content (AvgIpc) is 2.93. The van der Waals surface area contributed by atoms with Crippen LogP contribution in [0, 0.1) is 32.1 Å². The van der Waals surface area contributed by atoms with Gasteiger partial charge < -0.3 is 19.9 Å². The fourth-order valence-corrected chi connectivity index (χ4v) is 3.60. The molecule has 0 spiro atoms. The number of Topliss-reactive ketones (excluding diaryl/α,β-unsaturated/α-hetero) is 1. The molecule has 1 saturated heterocycles. The van der Waals surface area contributed by atoms with Crippen LogP contribution in [0.15, 0.2) is 30.9 Å². The molecule has 31 heavy (non-hydrogen) atoms. The van der Waals surface area contributed by atoms with Crippen molar-refractivity contribution in [3.63, 3.8) is 0 Å². The van der Waals surface area contributed by atoms with Gasteiger partial charge in [0.2, 0.25) is 0 Å². The molecule has 1 fully saturated rings. The minimum absolute atomic E-state index is 0.186. The molecule has 0 unspecified atom stereocenters. The molecule has 2 aromatic rings. The van der Waals surface area contributed by atoms with Gasteiger partial charge in [-0.1, -0.05) is 12.1 Å². The van der Waals surface area contributed by atoms with Crippen LogP contribution in [0.4, 0.5) is 5.69 Å². The number of aromatic nitrogens is 1. The van der Waals surface area contributed by atoms with Gasteiger partial charge in [0.25, 0.3) is 17.6 Å². The lowest BCUT2D eigenvalue weighted by Crippen LogP contribution is -2.61. The van der Waals surface area contributed by atoms with Gasteiger partial charge in [0.1, 0.15) is 11.2 Å². The number of carbonyl (C=O) groups is 3. The van der Waals surface area contributed by atoms with Gasteiger partial charge in [-0.05, 0) is 44.0 Å². The number of rotatable bonds is 6. The molecule has 1 aliphatic rings. The van der Waals surface area contributed by atoms with E-state index >= 15 is 0 Å². The molecule has 0 saturated carbocycles. The second kappa shape index (κ2) is 8.20. The first-order valence-corrected chi connectivity index (χ1v) is 9.70. The zero-order valence-corrected chi connectivity index (χ0v) is 18.0. The third-order valence-corrected chi connectivity index (χ3v) is 5.67. The first-order chi connectivity index (χ1) is 14.6. The first kappa shape index (κ1) is 22.0. The van der Waals surface area contributed by atoms with Crippen LogP contribution in [-0.4, -0.2) is 40.9 Å². The lowest BCUT2D eigenvalue weighted by atomic mass is 9.96. The smallest absolute Gasteiger partial charge is 0.293 e. The van der Waals surface area contributed by atoms with Crippen LogP contribution >= 0.6 is 0 Å². The summed E-state index contributed by atoms with van der Waals surface area (Å²) in [5, 5.41) is 14.6. The van der Waals surface area contributed by atoms with E-state index in [1.165, 1.54) is 0 Å². The number of ketones is 1. The molecule has 1 aromatic carbocycles. The van der Waals surface area contributed by atoms with E-state index in [4.69, 9.17) is 4.74 Å². The maximum atomic E-state index is 13.0. The summed E-state index contributed by atoms with van der Waals surface area (Å²) in [5.41, 5.74) is 2.34. The monoisotopic (exact) mass is 420 g/mol. The minimum Gasteiger partial charge on any atom is -0.376 e. The normalized spacial score (nSPS) is 14.2. The van der Waals surface area contributed by atoms with Gasteiger partial charge in [-0.2, -0.15) is 5.26 Å². The molecule has 0 radical (unpaired) electrons. The number of amides is 2. The fraction of sp³-hybridized carbons (Fsp3) is 0.304. The Morgan fingerprint density at radius 1 is 1.26 bits per heavy atom. The van der Waals surface area contributed by atoms with Crippen molar-refractivity contribution in [1.82, 2.24) is 9.88 Å². The molecule has 2 heterocycles. The fourth-order valence-electron chi connectivity index (χ4n) is 3.60. The third-order valence-electron chi connectivity index (χ3n) is 5.67. The van der Waals surface area contributed by atoms with Crippen LogP contribution in [0.5, 0.6) is 0 Å². The molecule has 0 bridgehead atoms. The number of aryl methyl sites for hydroxylation is 1.